The molecule has 9 rings (SSSR count). The van der Waals surface area contributed by atoms with Gasteiger partial charge in [-0.2, -0.15) is 0 Å². The number of nitrogens with one attached hydrogen (secondary N) is 1. The standard InChI is InChI=1S/C34H35N7O4S2/c1-18-40-41-34(45-18)28-25(7-4-19-10-13-44-14-11-19)38-30-22(20-5-6-20)16-47(42,43)32(30)29(28)27-15-26-31(46-27)33(37-17-36-26)39-24-9-8-23-21(24)3-2-12-35-23/h2-3,12,15,17,19-20,22,24H,4-11,13-14,16H2,1H3,(H,36,37,39)/t22-,24+/m0/s1. The third-order valence-corrected chi connectivity index (χ3v) is 13.2. The van der Waals surface area contributed by atoms with Gasteiger partial charge in [-0.1, -0.05) is 6.07 Å². The molecule has 1 saturated carbocycles. The first kappa shape index (κ1) is 29.3. The number of anilines is 1. The van der Waals surface area contributed by atoms with Crippen LogP contribution in [0.2, 0.25) is 0 Å². The topological polar surface area (TPSA) is 146 Å². The zero-order chi connectivity index (χ0) is 31.7. The summed E-state index contributed by atoms with van der Waals surface area (Å²) >= 11 is 1.50. The number of hydrogen-bond donors (Lipinski definition) is 1. The SMILES string of the molecule is Cc1nnc(-c2c(CCC3CCOCC3)nc3c(c2-c2cc4ncnc(N[C@@H]5CCc6ncccc65)c4s2)S(=O)(=O)C[C@H]3C2CC2)o1. The first-order valence-corrected chi connectivity index (χ1v) is 19.0. The highest BCUT2D eigenvalue weighted by Gasteiger charge is 2.47. The molecule has 242 valence electrons. The molecule has 11 nitrogen and oxygen atoms in total. The van der Waals surface area contributed by atoms with E-state index in [9.17, 15) is 8.42 Å². The number of rotatable bonds is 8. The van der Waals surface area contributed by atoms with E-state index in [4.69, 9.17) is 14.1 Å². The van der Waals surface area contributed by atoms with Gasteiger partial charge >= 0.3 is 0 Å². The summed E-state index contributed by atoms with van der Waals surface area (Å²) in [4.78, 5) is 20.2. The molecule has 0 unspecified atom stereocenters. The second-order valence-corrected chi connectivity index (χ2v) is 16.3. The highest BCUT2D eigenvalue weighted by Crippen LogP contribution is 2.54. The van der Waals surface area contributed by atoms with E-state index in [1.165, 1.54) is 16.9 Å². The van der Waals surface area contributed by atoms with Crippen LogP contribution in [0.3, 0.4) is 0 Å². The Labute approximate surface area is 276 Å². The van der Waals surface area contributed by atoms with Crippen LogP contribution in [0.15, 0.2) is 40.0 Å². The van der Waals surface area contributed by atoms with Gasteiger partial charge in [-0.15, -0.1) is 21.5 Å². The van der Waals surface area contributed by atoms with E-state index >= 15 is 0 Å². The van der Waals surface area contributed by atoms with Crippen molar-refractivity contribution in [3.05, 3.63) is 59.3 Å². The predicted octanol–water partition coefficient (Wildman–Crippen LogP) is 6.25. The average Bonchev–Trinajstić information content (AvgIpc) is 3.36. The molecule has 13 heteroatoms. The van der Waals surface area contributed by atoms with Crippen LogP contribution in [0.4, 0.5) is 5.82 Å². The first-order valence-electron chi connectivity index (χ1n) is 16.6. The lowest BCUT2D eigenvalue weighted by Gasteiger charge is -2.23. The van der Waals surface area contributed by atoms with E-state index in [1.54, 1.807) is 13.3 Å². The van der Waals surface area contributed by atoms with Gasteiger partial charge in [0.05, 0.1) is 43.9 Å². The molecule has 1 N–H and O–H groups in total. The molecule has 5 aromatic rings. The van der Waals surface area contributed by atoms with E-state index < -0.39 is 9.84 Å². The third-order valence-electron chi connectivity index (χ3n) is 10.2. The fourth-order valence-electron chi connectivity index (χ4n) is 7.69. The van der Waals surface area contributed by atoms with Crippen LogP contribution in [0, 0.1) is 18.8 Å². The van der Waals surface area contributed by atoms with Gasteiger partial charge in [0.15, 0.2) is 9.84 Å². The number of aromatic nitrogens is 6. The summed E-state index contributed by atoms with van der Waals surface area (Å²) < 4.78 is 40.9. The highest BCUT2D eigenvalue weighted by atomic mass is 32.2. The summed E-state index contributed by atoms with van der Waals surface area (Å²) in [5, 5.41) is 12.3. The predicted molar refractivity (Wildman–Crippen MR) is 177 cm³/mol. The third kappa shape index (κ3) is 5.23. The Morgan fingerprint density at radius 1 is 1.04 bits per heavy atom. The van der Waals surface area contributed by atoms with Gasteiger partial charge < -0.3 is 14.5 Å². The van der Waals surface area contributed by atoms with Crippen molar-refractivity contribution in [3.8, 4) is 21.9 Å². The van der Waals surface area contributed by atoms with Crippen LogP contribution in [0.25, 0.3) is 32.1 Å². The molecular formula is C34H35N7O4S2. The zero-order valence-corrected chi connectivity index (χ0v) is 27.7. The number of pyridine rings is 2. The molecular weight excluding hydrogens is 635 g/mol. The van der Waals surface area contributed by atoms with E-state index in [1.807, 2.05) is 18.3 Å². The van der Waals surface area contributed by atoms with Crippen molar-refractivity contribution in [2.45, 2.75) is 75.1 Å². The lowest BCUT2D eigenvalue weighted by atomic mass is 9.90. The Balaban J connectivity index is 1.22. The van der Waals surface area contributed by atoms with Crippen molar-refractivity contribution in [3.63, 3.8) is 0 Å². The van der Waals surface area contributed by atoms with Crippen LogP contribution in [-0.2, 0) is 27.4 Å². The molecule has 2 aliphatic carbocycles. The molecule has 0 aromatic carbocycles. The molecule has 0 bridgehead atoms. The lowest BCUT2D eigenvalue weighted by molar-refractivity contribution is 0.0639. The minimum atomic E-state index is -3.63. The number of aryl methyl sites for hydroxylation is 3. The molecule has 47 heavy (non-hydrogen) atoms. The first-order chi connectivity index (χ1) is 22.9. The van der Waals surface area contributed by atoms with Crippen LogP contribution in [0.1, 0.15) is 79.0 Å². The molecule has 4 aliphatic rings. The van der Waals surface area contributed by atoms with Crippen molar-refractivity contribution >= 4 is 37.2 Å². The average molecular weight is 670 g/mol. The quantitative estimate of drug-likeness (QED) is 0.200. The Morgan fingerprint density at radius 3 is 2.72 bits per heavy atom. The Bertz CT molecular complexity index is 2120. The maximum atomic E-state index is 14.2. The van der Waals surface area contributed by atoms with Gasteiger partial charge in [0, 0.05) is 48.4 Å². The molecule has 0 spiro atoms. The van der Waals surface area contributed by atoms with Gasteiger partial charge in [-0.3, -0.25) is 9.97 Å². The van der Waals surface area contributed by atoms with Crippen molar-refractivity contribution in [1.82, 2.24) is 30.1 Å². The molecule has 5 aromatic heterocycles. The van der Waals surface area contributed by atoms with Gasteiger partial charge in [-0.05, 0) is 80.9 Å². The van der Waals surface area contributed by atoms with Gasteiger partial charge in [0.25, 0.3) is 0 Å². The van der Waals surface area contributed by atoms with Gasteiger partial charge in [0.1, 0.15) is 12.1 Å². The molecule has 2 aliphatic heterocycles. The molecule has 1 saturated heterocycles. The van der Waals surface area contributed by atoms with Crippen molar-refractivity contribution in [1.29, 1.82) is 0 Å². The number of ether oxygens (including phenoxy) is 1. The minimum Gasteiger partial charge on any atom is -0.421 e. The van der Waals surface area contributed by atoms with E-state index in [0.29, 0.717) is 51.8 Å². The van der Waals surface area contributed by atoms with Crippen molar-refractivity contribution < 1.29 is 17.6 Å². The summed E-state index contributed by atoms with van der Waals surface area (Å²) in [5.41, 5.74) is 5.83. The molecule has 7 heterocycles. The number of fused-ring (bicyclic) bond motifs is 3. The molecule has 0 radical (unpaired) electrons. The zero-order valence-electron chi connectivity index (χ0n) is 26.1. The van der Waals surface area contributed by atoms with Crippen molar-refractivity contribution in [2.24, 2.45) is 11.8 Å². The number of thiophene rings is 1. The summed E-state index contributed by atoms with van der Waals surface area (Å²) in [6, 6.07) is 6.16. The fraction of sp³-hybridized carbons (Fsp3) is 0.471. The van der Waals surface area contributed by atoms with E-state index in [-0.39, 0.29) is 17.7 Å². The number of nitrogens with zero attached hydrogens (tertiary/aromatic N) is 6. The van der Waals surface area contributed by atoms with Crippen LogP contribution < -0.4 is 5.32 Å². The Morgan fingerprint density at radius 2 is 1.91 bits per heavy atom. The van der Waals surface area contributed by atoms with Crippen LogP contribution >= 0.6 is 11.3 Å². The van der Waals surface area contributed by atoms with E-state index in [0.717, 1.165) is 90.5 Å². The highest BCUT2D eigenvalue weighted by molar-refractivity contribution is 7.92. The number of sulfone groups is 1. The largest absolute Gasteiger partial charge is 0.421 e. The number of hydrogen-bond acceptors (Lipinski definition) is 12. The summed E-state index contributed by atoms with van der Waals surface area (Å²) in [6.07, 6.45) is 10.9. The lowest BCUT2D eigenvalue weighted by Crippen LogP contribution is -2.17. The normalized spacial score (nSPS) is 22.1. The summed E-state index contributed by atoms with van der Waals surface area (Å²) in [6.45, 7) is 3.29. The fourth-order valence-corrected chi connectivity index (χ4v) is 11.0. The summed E-state index contributed by atoms with van der Waals surface area (Å²) in [5.74, 6) is 2.30. The maximum absolute atomic E-state index is 14.2. The Hall–Kier alpha value is -3.81. The maximum Gasteiger partial charge on any atom is 0.250 e. The van der Waals surface area contributed by atoms with Crippen LogP contribution in [0.5, 0.6) is 0 Å². The monoisotopic (exact) mass is 669 g/mol. The second-order valence-electron chi connectivity index (χ2n) is 13.3. The van der Waals surface area contributed by atoms with Gasteiger partial charge in [-0.25, -0.2) is 18.4 Å². The molecule has 2 atom stereocenters. The summed E-state index contributed by atoms with van der Waals surface area (Å²) in [7, 11) is -3.63. The van der Waals surface area contributed by atoms with E-state index in [2.05, 4.69) is 36.5 Å². The van der Waals surface area contributed by atoms with Gasteiger partial charge in [0.2, 0.25) is 11.8 Å². The Kier molecular flexibility index (Phi) is 7.13. The molecule has 0 amide bonds. The minimum absolute atomic E-state index is 0.0842. The molecule has 2 fully saturated rings. The second kappa shape index (κ2) is 11.4. The van der Waals surface area contributed by atoms with Crippen molar-refractivity contribution in [2.75, 3.05) is 24.3 Å². The smallest absolute Gasteiger partial charge is 0.250 e. The van der Waals surface area contributed by atoms with Crippen LogP contribution in [-0.4, -0.2) is 57.5 Å².